The van der Waals surface area contributed by atoms with Crippen LogP contribution in [0.15, 0.2) is 152 Å². The molecule has 0 N–H and O–H groups in total. The number of nitrogens with zero attached hydrogens (tertiary/aromatic N) is 1. The summed E-state index contributed by atoms with van der Waals surface area (Å²) in [5.41, 5.74) is 10.6. The molecule has 2 aliphatic rings. The number of fused-ring (bicyclic) bond motifs is 15. The van der Waals surface area contributed by atoms with E-state index in [-0.39, 0.29) is 0 Å². The number of ether oxygens (including phenoxy) is 1. The van der Waals surface area contributed by atoms with Crippen molar-refractivity contribution < 1.29 is 4.74 Å². The van der Waals surface area contributed by atoms with Crippen molar-refractivity contribution in [1.29, 1.82) is 0 Å². The molecule has 7 aromatic carbocycles. The van der Waals surface area contributed by atoms with Crippen molar-refractivity contribution >= 4 is 53.3 Å². The van der Waals surface area contributed by atoms with Crippen LogP contribution in [0.1, 0.15) is 22.3 Å². The van der Waals surface area contributed by atoms with Crippen molar-refractivity contribution in [3.05, 3.63) is 174 Å². The fourth-order valence-electron chi connectivity index (χ4n) is 8.45. The highest BCUT2D eigenvalue weighted by Gasteiger charge is 2.51. The van der Waals surface area contributed by atoms with Crippen LogP contribution in [0.4, 0.5) is 0 Å². The van der Waals surface area contributed by atoms with E-state index in [1.807, 2.05) is 11.3 Å². The largest absolute Gasteiger partial charge is 0.457 e. The van der Waals surface area contributed by atoms with Crippen molar-refractivity contribution in [2.75, 3.05) is 0 Å². The Morgan fingerprint density at radius 1 is 0.435 bits per heavy atom. The molecule has 3 heteroatoms. The third-order valence-corrected chi connectivity index (χ3v) is 11.4. The number of aromatic nitrogens is 1. The Hall–Kier alpha value is -5.64. The summed E-state index contributed by atoms with van der Waals surface area (Å²) in [6.45, 7) is 0. The molecule has 0 saturated heterocycles. The minimum absolute atomic E-state index is 0.498. The van der Waals surface area contributed by atoms with Gasteiger partial charge in [0.1, 0.15) is 11.5 Å². The SMILES string of the molecule is c1ccc2c(c1)Oc1cc3c4ccccc4n(-c4ccc5c(c4)sc4ccccc45)c3cc1C21c2ccccc2-c2ccccc21. The Morgan fingerprint density at radius 3 is 1.91 bits per heavy atom. The van der Waals surface area contributed by atoms with Gasteiger partial charge in [0.2, 0.25) is 0 Å². The van der Waals surface area contributed by atoms with Crippen LogP contribution in [-0.2, 0) is 5.41 Å². The molecule has 0 fully saturated rings. The van der Waals surface area contributed by atoms with Crippen LogP contribution < -0.4 is 4.74 Å². The van der Waals surface area contributed by atoms with E-state index in [4.69, 9.17) is 4.74 Å². The van der Waals surface area contributed by atoms with Crippen molar-refractivity contribution in [2.24, 2.45) is 0 Å². The minimum Gasteiger partial charge on any atom is -0.457 e. The average Bonchev–Trinajstić information content (AvgIpc) is 3.74. The van der Waals surface area contributed by atoms with Gasteiger partial charge in [-0.15, -0.1) is 11.3 Å². The molecule has 0 amide bonds. The Kier molecular flexibility index (Phi) is 4.69. The Labute approximate surface area is 269 Å². The number of hydrogen-bond acceptors (Lipinski definition) is 2. The lowest BCUT2D eigenvalue weighted by Crippen LogP contribution is -2.32. The normalized spacial score (nSPS) is 14.0. The van der Waals surface area contributed by atoms with Crippen molar-refractivity contribution in [3.63, 3.8) is 0 Å². The van der Waals surface area contributed by atoms with Gasteiger partial charge in [0.05, 0.1) is 16.4 Å². The second-order valence-corrected chi connectivity index (χ2v) is 13.5. The fourth-order valence-corrected chi connectivity index (χ4v) is 9.59. The number of hydrogen-bond donors (Lipinski definition) is 0. The molecule has 1 aliphatic carbocycles. The van der Waals surface area contributed by atoms with E-state index >= 15 is 0 Å². The van der Waals surface area contributed by atoms with Crippen molar-refractivity contribution in [3.8, 4) is 28.3 Å². The quantitative estimate of drug-likeness (QED) is 0.182. The molecular formula is C43H25NOS. The van der Waals surface area contributed by atoms with Gasteiger partial charge in [0.25, 0.3) is 0 Å². The number of benzene rings is 7. The average molecular weight is 604 g/mol. The van der Waals surface area contributed by atoms with Gasteiger partial charge in [-0.05, 0) is 64.7 Å². The predicted octanol–water partition coefficient (Wildman–Crippen LogP) is 11.6. The highest BCUT2D eigenvalue weighted by molar-refractivity contribution is 7.25. The molecule has 1 aliphatic heterocycles. The van der Waals surface area contributed by atoms with Crippen molar-refractivity contribution in [2.45, 2.75) is 5.41 Å². The topological polar surface area (TPSA) is 14.2 Å². The van der Waals surface area contributed by atoms with Gasteiger partial charge in [-0.2, -0.15) is 0 Å². The molecule has 2 nitrogen and oxygen atoms in total. The third-order valence-electron chi connectivity index (χ3n) is 10.3. The Morgan fingerprint density at radius 2 is 1.09 bits per heavy atom. The molecule has 3 heterocycles. The zero-order valence-electron chi connectivity index (χ0n) is 24.7. The van der Waals surface area contributed by atoms with Gasteiger partial charge in [0.15, 0.2) is 0 Å². The maximum absolute atomic E-state index is 6.85. The summed E-state index contributed by atoms with van der Waals surface area (Å²) >= 11 is 1.87. The van der Waals surface area contributed by atoms with E-state index < -0.39 is 5.41 Å². The Bertz CT molecular complexity index is 2700. The predicted molar refractivity (Wildman–Crippen MR) is 191 cm³/mol. The van der Waals surface area contributed by atoms with Gasteiger partial charge in [-0.1, -0.05) is 109 Å². The molecule has 0 atom stereocenters. The van der Waals surface area contributed by atoms with Gasteiger partial charge in [-0.3, -0.25) is 0 Å². The van der Waals surface area contributed by atoms with Crippen LogP contribution in [0, 0.1) is 0 Å². The van der Waals surface area contributed by atoms with Crippen LogP contribution in [0.3, 0.4) is 0 Å². The molecule has 11 rings (SSSR count). The fraction of sp³-hybridized carbons (Fsp3) is 0.0233. The maximum Gasteiger partial charge on any atom is 0.133 e. The van der Waals surface area contributed by atoms with E-state index in [0.29, 0.717) is 0 Å². The molecule has 0 radical (unpaired) electrons. The highest BCUT2D eigenvalue weighted by atomic mass is 32.1. The summed E-state index contributed by atoms with van der Waals surface area (Å²) in [5.74, 6) is 1.83. The van der Waals surface area contributed by atoms with E-state index in [1.165, 1.54) is 81.0 Å². The third kappa shape index (κ3) is 2.97. The van der Waals surface area contributed by atoms with E-state index in [1.54, 1.807) is 0 Å². The first-order valence-electron chi connectivity index (χ1n) is 15.8. The number of rotatable bonds is 1. The smallest absolute Gasteiger partial charge is 0.133 e. The van der Waals surface area contributed by atoms with Crippen LogP contribution in [0.5, 0.6) is 11.5 Å². The summed E-state index contributed by atoms with van der Waals surface area (Å²) in [4.78, 5) is 0. The zero-order valence-corrected chi connectivity index (χ0v) is 25.5. The van der Waals surface area contributed by atoms with E-state index in [2.05, 4.69) is 156 Å². The summed E-state index contributed by atoms with van der Waals surface area (Å²) in [5, 5.41) is 5.05. The lowest BCUT2D eigenvalue weighted by atomic mass is 9.66. The molecule has 2 aromatic heterocycles. The molecule has 46 heavy (non-hydrogen) atoms. The van der Waals surface area contributed by atoms with Crippen LogP contribution in [0.25, 0.3) is 58.8 Å². The first kappa shape index (κ1) is 24.7. The van der Waals surface area contributed by atoms with Gasteiger partial charge in [0, 0.05) is 47.8 Å². The second-order valence-electron chi connectivity index (χ2n) is 12.4. The molecule has 0 bridgehead atoms. The zero-order chi connectivity index (χ0) is 30.0. The van der Waals surface area contributed by atoms with Gasteiger partial charge in [-0.25, -0.2) is 0 Å². The maximum atomic E-state index is 6.85. The lowest BCUT2D eigenvalue weighted by molar-refractivity contribution is 0.437. The second kappa shape index (κ2) is 8.75. The monoisotopic (exact) mass is 603 g/mol. The van der Waals surface area contributed by atoms with E-state index in [9.17, 15) is 0 Å². The van der Waals surface area contributed by atoms with E-state index in [0.717, 1.165) is 11.5 Å². The number of para-hydroxylation sites is 2. The minimum atomic E-state index is -0.498. The first-order chi connectivity index (χ1) is 22.8. The number of thiophene rings is 1. The Balaban J connectivity index is 1.28. The summed E-state index contributed by atoms with van der Waals surface area (Å²) in [7, 11) is 0. The highest BCUT2D eigenvalue weighted by Crippen LogP contribution is 2.62. The van der Waals surface area contributed by atoms with Crippen LogP contribution in [-0.4, -0.2) is 4.57 Å². The van der Waals surface area contributed by atoms with Crippen LogP contribution >= 0.6 is 11.3 Å². The molecular weight excluding hydrogens is 579 g/mol. The molecule has 214 valence electrons. The summed E-state index contributed by atoms with van der Waals surface area (Å²) in [6, 6.07) is 55.6. The molecule has 1 spiro atoms. The first-order valence-corrected chi connectivity index (χ1v) is 16.6. The molecule has 9 aromatic rings. The van der Waals surface area contributed by atoms with Crippen molar-refractivity contribution in [1.82, 2.24) is 4.57 Å². The lowest BCUT2D eigenvalue weighted by Gasteiger charge is -2.39. The standard InChI is InChI=1S/C43H25NOS/c1-5-15-33-27(11-1)28-12-2-6-16-34(28)43(33)35-17-7-9-19-39(35)45-40-24-32-29-13-3-8-18-37(29)44(38(32)25-36(40)43)26-21-22-31-30-14-4-10-20-41(30)46-42(31)23-26/h1-25H. The summed E-state index contributed by atoms with van der Waals surface area (Å²) in [6.07, 6.45) is 0. The summed E-state index contributed by atoms with van der Waals surface area (Å²) < 4.78 is 11.9. The van der Waals surface area contributed by atoms with Gasteiger partial charge >= 0.3 is 0 Å². The molecule has 0 unspecified atom stereocenters. The van der Waals surface area contributed by atoms with Gasteiger partial charge < -0.3 is 9.30 Å². The molecule has 0 saturated carbocycles. The van der Waals surface area contributed by atoms with Crippen LogP contribution in [0.2, 0.25) is 0 Å².